The van der Waals surface area contributed by atoms with Gasteiger partial charge in [0.05, 0.1) is 29.1 Å². The average Bonchev–Trinajstić information content (AvgIpc) is 3.78. The third kappa shape index (κ3) is 13.6. The van der Waals surface area contributed by atoms with Crippen molar-refractivity contribution < 1.29 is 37.2 Å². The Labute approximate surface area is 369 Å². The molecule has 0 bridgehead atoms. The van der Waals surface area contributed by atoms with Crippen molar-refractivity contribution in [2.24, 2.45) is 23.1 Å². The second kappa shape index (κ2) is 23.4. The summed E-state index contributed by atoms with van der Waals surface area (Å²) >= 11 is 0. The zero-order chi connectivity index (χ0) is 45.5. The van der Waals surface area contributed by atoms with Crippen molar-refractivity contribution in [3.05, 3.63) is 101 Å². The first-order valence-corrected chi connectivity index (χ1v) is 23.4. The highest BCUT2D eigenvalue weighted by atomic mass is 32.2. The summed E-state index contributed by atoms with van der Waals surface area (Å²) in [6.07, 6.45) is 7.80. The number of likely N-dealkylation sites (tertiary alicyclic amines) is 1. The Morgan fingerprint density at radius 1 is 0.746 bits per heavy atom. The number of rotatable bonds is 21. The minimum Gasteiger partial charge on any atom is -0.343 e. The lowest BCUT2D eigenvalue weighted by Gasteiger charge is -2.30. The van der Waals surface area contributed by atoms with Gasteiger partial charge < -0.3 is 32.7 Å². The number of carbonyl (C=O) groups is 6. The number of nitrogens with zero attached hydrogens (tertiary/aromatic N) is 1. The van der Waals surface area contributed by atoms with E-state index in [0.717, 1.165) is 55.4 Å². The van der Waals surface area contributed by atoms with Crippen molar-refractivity contribution in [2.45, 2.75) is 119 Å². The van der Waals surface area contributed by atoms with E-state index in [9.17, 15) is 37.2 Å². The molecule has 0 aromatic heterocycles. The largest absolute Gasteiger partial charge is 0.343 e. The molecule has 5 rings (SSSR count). The fourth-order valence-electron chi connectivity index (χ4n) is 8.45. The normalized spacial score (nSPS) is 17.5. The van der Waals surface area contributed by atoms with Crippen molar-refractivity contribution in [1.29, 1.82) is 0 Å². The van der Waals surface area contributed by atoms with Crippen molar-refractivity contribution in [2.75, 3.05) is 20.1 Å². The van der Waals surface area contributed by atoms with Crippen molar-refractivity contribution in [3.63, 3.8) is 0 Å². The molecule has 0 spiro atoms. The van der Waals surface area contributed by atoms with Crippen LogP contribution in [-0.2, 0) is 37.2 Å². The Kier molecular flexibility index (Phi) is 18.1. The van der Waals surface area contributed by atoms with E-state index in [1.54, 1.807) is 42.1 Å². The van der Waals surface area contributed by atoms with Crippen LogP contribution in [0.4, 0.5) is 4.79 Å². The number of nitrogens with one attached hydrogen (secondary N) is 4. The number of urea groups is 1. The van der Waals surface area contributed by atoms with Crippen LogP contribution in [0.5, 0.6) is 0 Å². The summed E-state index contributed by atoms with van der Waals surface area (Å²) < 4.78 is 29.2. The molecule has 5 atom stereocenters. The van der Waals surface area contributed by atoms with Gasteiger partial charge in [-0.05, 0) is 100 Å². The van der Waals surface area contributed by atoms with E-state index in [-0.39, 0.29) is 42.9 Å². The van der Waals surface area contributed by atoms with Gasteiger partial charge in [-0.3, -0.25) is 29.3 Å². The number of imide groups is 1. The number of hydrogen-bond donors (Lipinski definition) is 7. The maximum absolute atomic E-state index is 14.8. The second-order valence-electron chi connectivity index (χ2n) is 16.6. The van der Waals surface area contributed by atoms with E-state index in [2.05, 4.69) is 10.6 Å². The quantitative estimate of drug-likeness (QED) is 0.0602. The SMILES string of the molecule is CN[C@@H](Cc1ccccc1)C(=O)N[C@@H](CCCCN)C(=O)N1CCC[C@H]1C(=O)c1cc(S(=O)(=O)NC(=O)NC(=O)[C@@H](N)Cc2ccccc2)ccc1C(=O)[C@H](N)CC1CCCCC1. The Morgan fingerprint density at radius 3 is 2.03 bits per heavy atom. The van der Waals surface area contributed by atoms with Gasteiger partial charge in [0.15, 0.2) is 11.6 Å². The first kappa shape index (κ1) is 48.7. The van der Waals surface area contributed by atoms with Crippen molar-refractivity contribution in [3.8, 4) is 0 Å². The number of sulfonamides is 1. The zero-order valence-electron chi connectivity index (χ0n) is 35.9. The van der Waals surface area contributed by atoms with Crippen LogP contribution in [0.1, 0.15) is 102 Å². The molecule has 5 amide bonds. The summed E-state index contributed by atoms with van der Waals surface area (Å²) in [7, 11) is -3.09. The average molecular weight is 887 g/mol. The summed E-state index contributed by atoms with van der Waals surface area (Å²) in [6.45, 7) is 0.545. The zero-order valence-corrected chi connectivity index (χ0v) is 36.7. The summed E-state index contributed by atoms with van der Waals surface area (Å²) in [6, 6.07) is 15.2. The molecule has 1 saturated heterocycles. The Bertz CT molecular complexity index is 2170. The molecule has 1 aliphatic carbocycles. The smallest absolute Gasteiger partial charge is 0.335 e. The monoisotopic (exact) mass is 886 g/mol. The van der Waals surface area contributed by atoms with E-state index in [1.807, 2.05) is 35.6 Å². The van der Waals surface area contributed by atoms with Gasteiger partial charge in [-0.15, -0.1) is 0 Å². The van der Waals surface area contributed by atoms with Crippen LogP contribution in [0.2, 0.25) is 0 Å². The van der Waals surface area contributed by atoms with Gasteiger partial charge in [0, 0.05) is 17.7 Å². The van der Waals surface area contributed by atoms with Crippen LogP contribution < -0.4 is 37.9 Å². The molecule has 3 aromatic rings. The van der Waals surface area contributed by atoms with E-state index < -0.39 is 80.4 Å². The molecule has 10 N–H and O–H groups in total. The lowest BCUT2D eigenvalue weighted by atomic mass is 9.82. The van der Waals surface area contributed by atoms with Crippen molar-refractivity contribution >= 4 is 45.3 Å². The molecule has 0 radical (unpaired) electrons. The van der Waals surface area contributed by atoms with Crippen molar-refractivity contribution in [1.82, 2.24) is 25.6 Å². The third-order valence-corrected chi connectivity index (χ3v) is 13.3. The van der Waals surface area contributed by atoms with Gasteiger partial charge in [0.1, 0.15) is 6.04 Å². The lowest BCUT2D eigenvalue weighted by molar-refractivity contribution is -0.137. The molecular formula is C46H62N8O8S. The molecule has 340 valence electrons. The highest BCUT2D eigenvalue weighted by molar-refractivity contribution is 7.90. The molecule has 17 heteroatoms. The molecule has 0 unspecified atom stereocenters. The van der Waals surface area contributed by atoms with Crippen LogP contribution in [-0.4, -0.2) is 99.0 Å². The van der Waals surface area contributed by atoms with Crippen LogP contribution in [0, 0.1) is 5.92 Å². The Balaban J connectivity index is 1.40. The number of amides is 5. The van der Waals surface area contributed by atoms with Gasteiger partial charge in [-0.25, -0.2) is 17.9 Å². The van der Waals surface area contributed by atoms with Crippen LogP contribution >= 0.6 is 0 Å². The molecular weight excluding hydrogens is 825 g/mol. The minimum absolute atomic E-state index is 0.0861. The minimum atomic E-state index is -4.75. The van der Waals surface area contributed by atoms with Gasteiger partial charge >= 0.3 is 6.03 Å². The van der Waals surface area contributed by atoms with Gasteiger partial charge in [0.25, 0.3) is 10.0 Å². The molecule has 2 aliphatic rings. The van der Waals surface area contributed by atoms with Crippen LogP contribution in [0.25, 0.3) is 0 Å². The molecule has 1 heterocycles. The maximum atomic E-state index is 14.8. The second-order valence-corrected chi connectivity index (χ2v) is 18.3. The third-order valence-electron chi connectivity index (χ3n) is 11.9. The van der Waals surface area contributed by atoms with Crippen LogP contribution in [0.15, 0.2) is 83.8 Å². The van der Waals surface area contributed by atoms with Gasteiger partial charge in [-0.2, -0.15) is 0 Å². The number of hydrogen-bond acceptors (Lipinski definition) is 12. The lowest BCUT2D eigenvalue weighted by Crippen LogP contribution is -2.55. The predicted molar refractivity (Wildman–Crippen MR) is 239 cm³/mol. The first-order chi connectivity index (χ1) is 30.2. The first-order valence-electron chi connectivity index (χ1n) is 21.9. The Hall–Kier alpha value is -5.33. The predicted octanol–water partition coefficient (Wildman–Crippen LogP) is 2.87. The topological polar surface area (TPSA) is 266 Å². The standard InChI is InChI=1S/C46H62N8O8S/c1-50-39(28-32-18-9-4-10-19-32)44(58)51-38(20-11-12-24-47)45(59)54-25-13-21-40(54)42(56)35-29-33(22-23-34(35)41(55)36(48)26-30-14-5-2-6-15-30)63(61,62)53-46(60)52-43(57)37(49)27-31-16-7-3-8-17-31/h3-4,7-10,16-19,22-23,29-30,36-40,50H,2,5-6,11-15,20-21,24-28,47-49H2,1H3,(H,51,58)(H2,52,53,57,60)/t36-,37+,38+,39+,40+/m1/s1. The van der Waals surface area contributed by atoms with Gasteiger partial charge in [-0.1, -0.05) is 92.8 Å². The van der Waals surface area contributed by atoms with E-state index in [0.29, 0.717) is 38.6 Å². The number of likely N-dealkylation sites (N-methyl/N-ethyl adjacent to an activating group) is 1. The molecule has 3 aromatic carbocycles. The van der Waals surface area contributed by atoms with E-state index in [4.69, 9.17) is 17.2 Å². The molecule has 16 nitrogen and oxygen atoms in total. The summed E-state index contributed by atoms with van der Waals surface area (Å²) in [4.78, 5) is 83.5. The van der Waals surface area contributed by atoms with Gasteiger partial charge in [0.2, 0.25) is 17.7 Å². The maximum Gasteiger partial charge on any atom is 0.335 e. The highest BCUT2D eigenvalue weighted by Gasteiger charge is 2.40. The molecule has 1 saturated carbocycles. The molecule has 2 fully saturated rings. The fraction of sp³-hybridized carbons (Fsp3) is 0.478. The highest BCUT2D eigenvalue weighted by Crippen LogP contribution is 2.30. The Morgan fingerprint density at radius 2 is 1.40 bits per heavy atom. The number of carbonyl (C=O) groups excluding carboxylic acids is 6. The van der Waals surface area contributed by atoms with E-state index >= 15 is 0 Å². The summed E-state index contributed by atoms with van der Waals surface area (Å²) in [5.41, 5.74) is 19.5. The fourth-order valence-corrected chi connectivity index (χ4v) is 9.38. The number of unbranched alkanes of at least 4 members (excludes halogenated alkanes) is 1. The molecule has 63 heavy (non-hydrogen) atoms. The van der Waals surface area contributed by atoms with E-state index in [1.165, 1.54) is 11.0 Å². The number of Topliss-reactive ketones (excluding diaryl/α,β-unsaturated/α-hetero) is 2. The summed E-state index contributed by atoms with van der Waals surface area (Å²) in [5, 5.41) is 7.90. The number of nitrogens with two attached hydrogens (primary N) is 3. The van der Waals surface area contributed by atoms with Crippen LogP contribution in [0.3, 0.4) is 0 Å². The summed E-state index contributed by atoms with van der Waals surface area (Å²) in [5.74, 6) is -2.85. The number of benzene rings is 3. The molecule has 1 aliphatic heterocycles. The number of ketones is 2.